The van der Waals surface area contributed by atoms with Crippen molar-refractivity contribution in [3.8, 4) is 0 Å². The fraction of sp³-hybridized carbons (Fsp3) is 0.0714. The van der Waals surface area contributed by atoms with Crippen molar-refractivity contribution in [1.82, 2.24) is 0 Å². The van der Waals surface area contributed by atoms with Crippen LogP contribution in [0.1, 0.15) is 5.56 Å². The van der Waals surface area contributed by atoms with Crippen molar-refractivity contribution >= 4 is 11.6 Å². The molecule has 1 N–H and O–H groups in total. The van der Waals surface area contributed by atoms with E-state index in [0.717, 1.165) is 0 Å². The topological polar surface area (TPSA) is 29.1 Å². The normalized spacial score (nSPS) is 10.1. The second kappa shape index (κ2) is 5.40. The van der Waals surface area contributed by atoms with E-state index in [2.05, 4.69) is 5.32 Å². The number of carbonyl (C=O) groups is 1. The summed E-state index contributed by atoms with van der Waals surface area (Å²) in [6.07, 6.45) is -0.0802. The molecule has 0 aliphatic rings. The Balaban J connectivity index is 2.03. The summed E-state index contributed by atoms with van der Waals surface area (Å²) in [5.74, 6) is -1.24. The molecule has 0 aliphatic carbocycles. The van der Waals surface area contributed by atoms with Gasteiger partial charge in [-0.15, -0.1) is 0 Å². The van der Waals surface area contributed by atoms with Gasteiger partial charge >= 0.3 is 0 Å². The average molecular weight is 247 g/mol. The third kappa shape index (κ3) is 3.13. The van der Waals surface area contributed by atoms with Crippen molar-refractivity contribution in [3.05, 3.63) is 65.7 Å². The number of amides is 1. The van der Waals surface area contributed by atoms with Crippen molar-refractivity contribution in [3.63, 3.8) is 0 Å². The highest BCUT2D eigenvalue weighted by molar-refractivity contribution is 5.92. The maximum atomic E-state index is 13.3. The first-order chi connectivity index (χ1) is 8.65. The lowest BCUT2D eigenvalue weighted by Crippen LogP contribution is -2.15. The van der Waals surface area contributed by atoms with E-state index >= 15 is 0 Å². The van der Waals surface area contributed by atoms with E-state index in [-0.39, 0.29) is 12.3 Å². The Bertz CT molecular complexity index is 569. The second-order valence-electron chi connectivity index (χ2n) is 3.83. The van der Waals surface area contributed by atoms with Gasteiger partial charge in [0, 0.05) is 5.69 Å². The molecule has 0 spiro atoms. The van der Waals surface area contributed by atoms with Gasteiger partial charge in [0.2, 0.25) is 5.91 Å². The van der Waals surface area contributed by atoms with Crippen LogP contribution in [0.5, 0.6) is 0 Å². The molecule has 18 heavy (non-hydrogen) atoms. The van der Waals surface area contributed by atoms with Gasteiger partial charge in [-0.2, -0.15) is 0 Å². The summed E-state index contributed by atoms with van der Waals surface area (Å²) in [7, 11) is 0. The van der Waals surface area contributed by atoms with Gasteiger partial charge in [-0.1, -0.05) is 24.3 Å². The summed E-state index contributed by atoms with van der Waals surface area (Å²) in [4.78, 5) is 11.6. The third-order valence-electron chi connectivity index (χ3n) is 2.42. The van der Waals surface area contributed by atoms with Crippen molar-refractivity contribution in [2.45, 2.75) is 6.42 Å². The minimum atomic E-state index is -0.432. The highest BCUT2D eigenvalue weighted by Crippen LogP contribution is 2.11. The number of anilines is 1. The number of hydrogen-bond acceptors (Lipinski definition) is 1. The van der Waals surface area contributed by atoms with Gasteiger partial charge < -0.3 is 5.32 Å². The Morgan fingerprint density at radius 1 is 1.06 bits per heavy atom. The second-order valence-corrected chi connectivity index (χ2v) is 3.83. The molecule has 2 nitrogen and oxygen atoms in total. The maximum Gasteiger partial charge on any atom is 0.228 e. The maximum absolute atomic E-state index is 13.3. The lowest BCUT2D eigenvalue weighted by atomic mass is 10.1. The number of carbonyl (C=O) groups excluding carboxylic acids is 1. The predicted octanol–water partition coefficient (Wildman–Crippen LogP) is 3.15. The van der Waals surface area contributed by atoms with Crippen molar-refractivity contribution in [2.24, 2.45) is 0 Å². The SMILES string of the molecule is O=C(Cc1ccccc1F)Nc1cccc(F)c1. The number of halogens is 2. The van der Waals surface area contributed by atoms with Crippen LogP contribution >= 0.6 is 0 Å². The highest BCUT2D eigenvalue weighted by Gasteiger charge is 2.08. The standard InChI is InChI=1S/C14H11F2NO/c15-11-5-3-6-12(9-11)17-14(18)8-10-4-1-2-7-13(10)16/h1-7,9H,8H2,(H,17,18). The zero-order valence-electron chi connectivity index (χ0n) is 9.49. The molecule has 2 aromatic carbocycles. The molecule has 0 unspecified atom stereocenters. The first-order valence-electron chi connectivity index (χ1n) is 5.44. The molecule has 0 aliphatic heterocycles. The van der Waals surface area contributed by atoms with E-state index < -0.39 is 11.6 Å². The largest absolute Gasteiger partial charge is 0.326 e. The number of benzene rings is 2. The Hall–Kier alpha value is -2.23. The summed E-state index contributed by atoms with van der Waals surface area (Å²) in [5, 5.41) is 2.51. The van der Waals surface area contributed by atoms with E-state index in [9.17, 15) is 13.6 Å². The predicted molar refractivity (Wildman–Crippen MR) is 65.1 cm³/mol. The molecule has 0 saturated carbocycles. The van der Waals surface area contributed by atoms with Gasteiger partial charge in [-0.05, 0) is 29.8 Å². The van der Waals surface area contributed by atoms with E-state index in [4.69, 9.17) is 0 Å². The minimum absolute atomic E-state index is 0.0802. The minimum Gasteiger partial charge on any atom is -0.326 e. The molecule has 2 rings (SSSR count). The van der Waals surface area contributed by atoms with Gasteiger partial charge in [0.25, 0.3) is 0 Å². The van der Waals surface area contributed by atoms with Gasteiger partial charge in [0.1, 0.15) is 11.6 Å². The Morgan fingerprint density at radius 3 is 2.56 bits per heavy atom. The third-order valence-corrected chi connectivity index (χ3v) is 2.42. The Morgan fingerprint density at radius 2 is 1.83 bits per heavy atom. The van der Waals surface area contributed by atoms with Crippen LogP contribution in [-0.2, 0) is 11.2 Å². The first kappa shape index (κ1) is 12.2. The molecule has 0 fully saturated rings. The molecule has 0 heterocycles. The van der Waals surface area contributed by atoms with E-state index in [0.29, 0.717) is 11.3 Å². The van der Waals surface area contributed by atoms with Gasteiger partial charge in [-0.25, -0.2) is 8.78 Å². The van der Waals surface area contributed by atoms with Crippen LogP contribution in [0, 0.1) is 11.6 Å². The van der Waals surface area contributed by atoms with Crippen LogP contribution in [0.25, 0.3) is 0 Å². The Kier molecular flexibility index (Phi) is 3.67. The summed E-state index contributed by atoms with van der Waals surface area (Å²) in [5.41, 5.74) is 0.669. The van der Waals surface area contributed by atoms with Gasteiger partial charge in [-0.3, -0.25) is 4.79 Å². The van der Waals surface area contributed by atoms with Crippen LogP contribution in [0.3, 0.4) is 0 Å². The summed E-state index contributed by atoms with van der Waals surface area (Å²) < 4.78 is 26.2. The van der Waals surface area contributed by atoms with Crippen LogP contribution in [0.4, 0.5) is 14.5 Å². The van der Waals surface area contributed by atoms with Crippen molar-refractivity contribution in [2.75, 3.05) is 5.32 Å². The molecule has 0 radical (unpaired) electrons. The highest BCUT2D eigenvalue weighted by atomic mass is 19.1. The van der Waals surface area contributed by atoms with Crippen LogP contribution in [0.15, 0.2) is 48.5 Å². The average Bonchev–Trinajstić information content (AvgIpc) is 2.32. The van der Waals surface area contributed by atoms with Crippen molar-refractivity contribution < 1.29 is 13.6 Å². The number of rotatable bonds is 3. The molecule has 2 aromatic rings. The summed E-state index contributed by atoms with van der Waals surface area (Å²) in [6, 6.07) is 11.6. The fourth-order valence-corrected chi connectivity index (χ4v) is 1.59. The summed E-state index contributed by atoms with van der Waals surface area (Å²) >= 11 is 0. The zero-order chi connectivity index (χ0) is 13.0. The molecule has 92 valence electrons. The monoisotopic (exact) mass is 247 g/mol. The van der Waals surface area contributed by atoms with Crippen LogP contribution in [-0.4, -0.2) is 5.91 Å². The van der Waals surface area contributed by atoms with Crippen LogP contribution < -0.4 is 5.32 Å². The van der Waals surface area contributed by atoms with Gasteiger partial charge in [0.05, 0.1) is 6.42 Å². The van der Waals surface area contributed by atoms with E-state index in [1.165, 1.54) is 24.3 Å². The lowest BCUT2D eigenvalue weighted by Gasteiger charge is -2.06. The quantitative estimate of drug-likeness (QED) is 0.886. The van der Waals surface area contributed by atoms with Gasteiger partial charge in [0.15, 0.2) is 0 Å². The molecule has 4 heteroatoms. The summed E-state index contributed by atoms with van der Waals surface area (Å²) in [6.45, 7) is 0. The molecule has 0 atom stereocenters. The van der Waals surface area contributed by atoms with Crippen molar-refractivity contribution in [1.29, 1.82) is 0 Å². The first-order valence-corrected chi connectivity index (χ1v) is 5.44. The Labute approximate surface area is 103 Å². The molecule has 0 aromatic heterocycles. The van der Waals surface area contributed by atoms with E-state index in [1.54, 1.807) is 24.3 Å². The zero-order valence-corrected chi connectivity index (χ0v) is 9.49. The molecular weight excluding hydrogens is 236 g/mol. The molecule has 0 saturated heterocycles. The fourth-order valence-electron chi connectivity index (χ4n) is 1.59. The molecular formula is C14H11F2NO. The number of hydrogen-bond donors (Lipinski definition) is 1. The number of nitrogens with one attached hydrogen (secondary N) is 1. The molecule has 0 bridgehead atoms. The smallest absolute Gasteiger partial charge is 0.228 e. The van der Waals surface area contributed by atoms with E-state index in [1.807, 2.05) is 0 Å². The molecule has 1 amide bonds. The van der Waals surface area contributed by atoms with Crippen LogP contribution in [0.2, 0.25) is 0 Å². The lowest BCUT2D eigenvalue weighted by molar-refractivity contribution is -0.115.